The summed E-state index contributed by atoms with van der Waals surface area (Å²) in [7, 11) is 1.31. The molecule has 3 aromatic heterocycles. The molecule has 0 spiro atoms. The number of rotatable bonds is 5. The Kier molecular flexibility index (Phi) is 5.77. The van der Waals surface area contributed by atoms with E-state index < -0.39 is 5.97 Å². The standard InChI is InChI=1S/C23H22N2O4S2/c1-12-7-6-8-17(13(12)2)25-21(26)19-14(3)15(4)31-20(19)24-23(25)30-11-16-9-10-18(29-16)22(27)28-5/h6-10H,11H2,1-5H3. The molecule has 8 heteroatoms. The van der Waals surface area contributed by atoms with Crippen LogP contribution in [-0.4, -0.2) is 22.6 Å². The Labute approximate surface area is 187 Å². The summed E-state index contributed by atoms with van der Waals surface area (Å²) in [4.78, 5) is 31.9. The number of hydrogen-bond donors (Lipinski definition) is 0. The molecule has 160 valence electrons. The summed E-state index contributed by atoms with van der Waals surface area (Å²) in [5, 5.41) is 1.25. The maximum atomic E-state index is 13.6. The second-order valence-electron chi connectivity index (χ2n) is 7.26. The zero-order chi connectivity index (χ0) is 22.3. The van der Waals surface area contributed by atoms with E-state index in [9.17, 15) is 9.59 Å². The molecule has 0 saturated heterocycles. The van der Waals surface area contributed by atoms with E-state index in [1.165, 1.54) is 30.2 Å². The van der Waals surface area contributed by atoms with Gasteiger partial charge in [0.05, 0.1) is 23.9 Å². The number of aromatic nitrogens is 2. The minimum atomic E-state index is -0.521. The predicted octanol–water partition coefficient (Wildman–Crippen LogP) is 5.35. The Morgan fingerprint density at radius 2 is 1.94 bits per heavy atom. The van der Waals surface area contributed by atoms with Crippen LogP contribution < -0.4 is 5.56 Å². The van der Waals surface area contributed by atoms with Crippen LogP contribution in [0.25, 0.3) is 15.9 Å². The monoisotopic (exact) mass is 454 g/mol. The van der Waals surface area contributed by atoms with Gasteiger partial charge in [-0.2, -0.15) is 0 Å². The first-order valence-electron chi connectivity index (χ1n) is 9.71. The number of aryl methyl sites for hydroxylation is 3. The fourth-order valence-corrected chi connectivity index (χ4v) is 5.33. The third kappa shape index (κ3) is 3.81. The van der Waals surface area contributed by atoms with Crippen molar-refractivity contribution in [2.24, 2.45) is 0 Å². The number of thiophene rings is 1. The summed E-state index contributed by atoms with van der Waals surface area (Å²) in [5.74, 6) is 0.653. The minimum Gasteiger partial charge on any atom is -0.463 e. The van der Waals surface area contributed by atoms with Crippen LogP contribution in [0.15, 0.2) is 44.7 Å². The first kappa shape index (κ1) is 21.4. The van der Waals surface area contributed by atoms with Crippen molar-refractivity contribution in [1.82, 2.24) is 9.55 Å². The van der Waals surface area contributed by atoms with E-state index in [0.717, 1.165) is 32.1 Å². The highest BCUT2D eigenvalue weighted by Gasteiger charge is 2.20. The number of thioether (sulfide) groups is 1. The number of ether oxygens (including phenoxy) is 1. The average molecular weight is 455 g/mol. The lowest BCUT2D eigenvalue weighted by atomic mass is 10.1. The number of benzene rings is 1. The van der Waals surface area contributed by atoms with Gasteiger partial charge in [0.2, 0.25) is 5.76 Å². The molecule has 0 radical (unpaired) electrons. The fraction of sp³-hybridized carbons (Fsp3) is 0.261. The second kappa shape index (κ2) is 8.36. The van der Waals surface area contributed by atoms with Gasteiger partial charge in [-0.3, -0.25) is 9.36 Å². The van der Waals surface area contributed by atoms with Crippen molar-refractivity contribution in [3.8, 4) is 5.69 Å². The van der Waals surface area contributed by atoms with Crippen LogP contribution >= 0.6 is 23.1 Å². The van der Waals surface area contributed by atoms with Crippen LogP contribution in [0.3, 0.4) is 0 Å². The Hall–Kier alpha value is -2.84. The molecule has 1 aromatic carbocycles. The quantitative estimate of drug-likeness (QED) is 0.230. The number of carbonyl (C=O) groups excluding carboxylic acids is 1. The van der Waals surface area contributed by atoms with Crippen molar-refractivity contribution >= 4 is 39.3 Å². The van der Waals surface area contributed by atoms with Crippen molar-refractivity contribution in [3.63, 3.8) is 0 Å². The van der Waals surface area contributed by atoms with Gasteiger partial charge in [0.25, 0.3) is 5.56 Å². The average Bonchev–Trinajstić information content (AvgIpc) is 3.33. The summed E-state index contributed by atoms with van der Waals surface area (Å²) >= 11 is 2.93. The molecule has 0 aliphatic carbocycles. The van der Waals surface area contributed by atoms with Gasteiger partial charge in [-0.15, -0.1) is 11.3 Å². The molecule has 4 rings (SSSR count). The third-order valence-corrected chi connectivity index (χ3v) is 7.44. The van der Waals surface area contributed by atoms with E-state index >= 15 is 0 Å². The zero-order valence-corrected chi connectivity index (χ0v) is 19.6. The van der Waals surface area contributed by atoms with Gasteiger partial charge in [-0.1, -0.05) is 23.9 Å². The zero-order valence-electron chi connectivity index (χ0n) is 17.9. The van der Waals surface area contributed by atoms with Crippen molar-refractivity contribution in [2.45, 2.75) is 38.6 Å². The fourth-order valence-electron chi connectivity index (χ4n) is 3.36. The molecule has 4 aromatic rings. The largest absolute Gasteiger partial charge is 0.463 e. The summed E-state index contributed by atoms with van der Waals surface area (Å²) in [5.41, 5.74) is 3.86. The Bertz CT molecular complexity index is 1360. The molecule has 0 N–H and O–H groups in total. The molecule has 31 heavy (non-hydrogen) atoms. The van der Waals surface area contributed by atoms with Gasteiger partial charge < -0.3 is 9.15 Å². The van der Waals surface area contributed by atoms with E-state index in [2.05, 4.69) is 0 Å². The lowest BCUT2D eigenvalue weighted by molar-refractivity contribution is 0.0563. The summed E-state index contributed by atoms with van der Waals surface area (Å²) in [6.45, 7) is 8.01. The number of carbonyl (C=O) groups is 1. The maximum absolute atomic E-state index is 13.6. The second-order valence-corrected chi connectivity index (χ2v) is 9.41. The first-order chi connectivity index (χ1) is 14.8. The van der Waals surface area contributed by atoms with Crippen molar-refractivity contribution in [2.75, 3.05) is 7.11 Å². The Morgan fingerprint density at radius 3 is 2.68 bits per heavy atom. The Morgan fingerprint density at radius 1 is 1.16 bits per heavy atom. The predicted molar refractivity (Wildman–Crippen MR) is 124 cm³/mol. The first-order valence-corrected chi connectivity index (χ1v) is 11.5. The number of esters is 1. The van der Waals surface area contributed by atoms with Crippen LogP contribution in [0, 0.1) is 27.7 Å². The molecule has 0 atom stereocenters. The van der Waals surface area contributed by atoms with Gasteiger partial charge >= 0.3 is 5.97 Å². The highest BCUT2D eigenvalue weighted by Crippen LogP contribution is 2.32. The highest BCUT2D eigenvalue weighted by molar-refractivity contribution is 7.98. The van der Waals surface area contributed by atoms with E-state index in [0.29, 0.717) is 22.1 Å². The topological polar surface area (TPSA) is 74.3 Å². The molecule has 6 nitrogen and oxygen atoms in total. The molecule has 0 saturated carbocycles. The van der Waals surface area contributed by atoms with Crippen molar-refractivity contribution in [1.29, 1.82) is 0 Å². The summed E-state index contributed by atoms with van der Waals surface area (Å²) in [6.07, 6.45) is 0. The molecule has 0 fully saturated rings. The number of fused-ring (bicyclic) bond motifs is 1. The molecular weight excluding hydrogens is 432 g/mol. The van der Waals surface area contributed by atoms with Crippen LogP contribution in [0.1, 0.15) is 37.9 Å². The maximum Gasteiger partial charge on any atom is 0.373 e. The Balaban J connectivity index is 1.83. The summed E-state index contributed by atoms with van der Waals surface area (Å²) in [6, 6.07) is 9.24. The van der Waals surface area contributed by atoms with Crippen LogP contribution in [0.4, 0.5) is 0 Å². The summed E-state index contributed by atoms with van der Waals surface area (Å²) < 4.78 is 12.0. The lowest BCUT2D eigenvalue weighted by Crippen LogP contribution is -2.22. The molecule has 0 unspecified atom stereocenters. The third-order valence-electron chi connectivity index (χ3n) is 5.38. The highest BCUT2D eigenvalue weighted by atomic mass is 32.2. The molecular formula is C23H22N2O4S2. The molecule has 3 heterocycles. The van der Waals surface area contributed by atoms with Crippen LogP contribution in [-0.2, 0) is 10.5 Å². The number of methoxy groups -OCH3 is 1. The SMILES string of the molecule is COC(=O)c1ccc(CSc2nc3sc(C)c(C)c3c(=O)n2-c2cccc(C)c2C)o1. The van der Waals surface area contributed by atoms with E-state index in [-0.39, 0.29) is 11.3 Å². The van der Waals surface area contributed by atoms with Crippen LogP contribution in [0.2, 0.25) is 0 Å². The van der Waals surface area contributed by atoms with Crippen LogP contribution in [0.5, 0.6) is 0 Å². The number of nitrogens with zero attached hydrogens (tertiary/aromatic N) is 2. The molecule has 0 aliphatic heterocycles. The van der Waals surface area contributed by atoms with Gasteiger partial charge in [0.15, 0.2) is 5.16 Å². The number of hydrogen-bond acceptors (Lipinski definition) is 7. The molecule has 0 bridgehead atoms. The van der Waals surface area contributed by atoms with Crippen molar-refractivity contribution < 1.29 is 13.9 Å². The van der Waals surface area contributed by atoms with Gasteiger partial charge in [-0.05, 0) is 62.6 Å². The van der Waals surface area contributed by atoms with E-state index in [1.54, 1.807) is 16.7 Å². The van der Waals surface area contributed by atoms with E-state index in [1.807, 2.05) is 45.9 Å². The van der Waals surface area contributed by atoms with Gasteiger partial charge in [0.1, 0.15) is 10.6 Å². The normalized spacial score (nSPS) is 11.3. The van der Waals surface area contributed by atoms with Gasteiger partial charge in [-0.25, -0.2) is 9.78 Å². The van der Waals surface area contributed by atoms with Gasteiger partial charge in [0, 0.05) is 4.88 Å². The van der Waals surface area contributed by atoms with Crippen molar-refractivity contribution in [3.05, 3.63) is 73.8 Å². The lowest BCUT2D eigenvalue weighted by Gasteiger charge is -2.15. The minimum absolute atomic E-state index is 0.0715. The van der Waals surface area contributed by atoms with E-state index in [4.69, 9.17) is 14.1 Å². The molecule has 0 amide bonds. The smallest absolute Gasteiger partial charge is 0.373 e. The molecule has 0 aliphatic rings. The number of furan rings is 1.